The molecular weight excluding hydrogens is 222 g/mol. The van der Waals surface area contributed by atoms with Crippen LogP contribution in [0.25, 0.3) is 0 Å². The summed E-state index contributed by atoms with van der Waals surface area (Å²) in [5.41, 5.74) is 6.51. The third kappa shape index (κ3) is 3.06. The first kappa shape index (κ1) is 14.3. The van der Waals surface area contributed by atoms with Crippen LogP contribution in [0.4, 0.5) is 0 Å². The number of nitrogens with two attached hydrogens (primary N) is 1. The molecule has 106 valence electrons. The summed E-state index contributed by atoms with van der Waals surface area (Å²) in [6.07, 6.45) is 6.31. The zero-order chi connectivity index (χ0) is 13.2. The fourth-order valence-electron chi connectivity index (χ4n) is 3.79. The average molecular weight is 253 g/mol. The number of likely N-dealkylation sites (tertiary alicyclic amines) is 2. The fourth-order valence-corrected chi connectivity index (χ4v) is 3.79. The molecule has 0 amide bonds. The standard InChI is InChI=1S/C15H31N3/c1-4-15(16,5-2)12-18-10-8-14-13(11-18)7-6-9-17(14)3/h13-14H,4-12,16H2,1-3H3. The fraction of sp³-hybridized carbons (Fsp3) is 1.00. The second-order valence-electron chi connectivity index (χ2n) is 6.54. The summed E-state index contributed by atoms with van der Waals surface area (Å²) >= 11 is 0. The molecule has 0 aromatic heterocycles. The molecule has 2 saturated heterocycles. The van der Waals surface area contributed by atoms with Crippen LogP contribution >= 0.6 is 0 Å². The average Bonchev–Trinajstić information content (AvgIpc) is 2.39. The third-order valence-corrected chi connectivity index (χ3v) is 5.38. The first-order valence-corrected chi connectivity index (χ1v) is 7.79. The Morgan fingerprint density at radius 1 is 1.17 bits per heavy atom. The lowest BCUT2D eigenvalue weighted by molar-refractivity contribution is 0.0288. The number of nitrogens with zero attached hydrogens (tertiary/aromatic N) is 2. The summed E-state index contributed by atoms with van der Waals surface area (Å²) in [6, 6.07) is 0.838. The molecule has 2 heterocycles. The minimum absolute atomic E-state index is 0.0351. The lowest BCUT2D eigenvalue weighted by atomic mass is 9.83. The minimum Gasteiger partial charge on any atom is -0.324 e. The van der Waals surface area contributed by atoms with Crippen LogP contribution in [0.1, 0.15) is 46.0 Å². The van der Waals surface area contributed by atoms with Gasteiger partial charge in [-0.25, -0.2) is 0 Å². The van der Waals surface area contributed by atoms with E-state index >= 15 is 0 Å². The summed E-state index contributed by atoms with van der Waals surface area (Å²) in [5, 5.41) is 0. The number of rotatable bonds is 4. The molecule has 2 N–H and O–H groups in total. The predicted molar refractivity (Wildman–Crippen MR) is 77.7 cm³/mol. The number of piperidine rings is 2. The Kier molecular flexibility index (Phi) is 4.68. The van der Waals surface area contributed by atoms with Crippen molar-refractivity contribution in [1.82, 2.24) is 9.80 Å². The molecular formula is C15H31N3. The smallest absolute Gasteiger partial charge is 0.0278 e. The summed E-state index contributed by atoms with van der Waals surface area (Å²) in [5.74, 6) is 0.885. The molecule has 18 heavy (non-hydrogen) atoms. The Hall–Kier alpha value is -0.120. The number of hydrogen-bond acceptors (Lipinski definition) is 3. The topological polar surface area (TPSA) is 32.5 Å². The van der Waals surface area contributed by atoms with E-state index in [-0.39, 0.29) is 5.54 Å². The molecule has 2 unspecified atom stereocenters. The molecule has 0 saturated carbocycles. The van der Waals surface area contributed by atoms with Gasteiger partial charge >= 0.3 is 0 Å². The molecule has 0 aromatic rings. The Morgan fingerprint density at radius 2 is 1.89 bits per heavy atom. The maximum absolute atomic E-state index is 6.47. The van der Waals surface area contributed by atoms with Gasteiger partial charge in [0.25, 0.3) is 0 Å². The second kappa shape index (κ2) is 5.89. The van der Waals surface area contributed by atoms with Gasteiger partial charge in [-0.05, 0) is 58.2 Å². The Labute approximate surface area is 113 Å². The van der Waals surface area contributed by atoms with Gasteiger partial charge in [0, 0.05) is 24.7 Å². The van der Waals surface area contributed by atoms with Crippen molar-refractivity contribution >= 4 is 0 Å². The van der Waals surface area contributed by atoms with Crippen LogP contribution in [0.5, 0.6) is 0 Å². The molecule has 0 aliphatic carbocycles. The first-order chi connectivity index (χ1) is 8.58. The Bertz CT molecular complexity index is 262. The van der Waals surface area contributed by atoms with Crippen LogP contribution in [0, 0.1) is 5.92 Å². The van der Waals surface area contributed by atoms with Crippen molar-refractivity contribution in [2.75, 3.05) is 33.2 Å². The maximum atomic E-state index is 6.47. The highest BCUT2D eigenvalue weighted by molar-refractivity contribution is 4.92. The molecule has 3 nitrogen and oxygen atoms in total. The van der Waals surface area contributed by atoms with Gasteiger partial charge in [0.05, 0.1) is 0 Å². The van der Waals surface area contributed by atoms with Crippen molar-refractivity contribution in [2.24, 2.45) is 11.7 Å². The van der Waals surface area contributed by atoms with Crippen molar-refractivity contribution in [3.8, 4) is 0 Å². The second-order valence-corrected chi connectivity index (χ2v) is 6.54. The quantitative estimate of drug-likeness (QED) is 0.831. The van der Waals surface area contributed by atoms with Crippen LogP contribution in [0.2, 0.25) is 0 Å². The van der Waals surface area contributed by atoms with E-state index in [1.54, 1.807) is 0 Å². The van der Waals surface area contributed by atoms with E-state index in [0.717, 1.165) is 31.3 Å². The first-order valence-electron chi connectivity index (χ1n) is 7.79. The van der Waals surface area contributed by atoms with Crippen molar-refractivity contribution in [3.63, 3.8) is 0 Å². The van der Waals surface area contributed by atoms with Crippen LogP contribution < -0.4 is 5.73 Å². The molecule has 2 rings (SSSR count). The van der Waals surface area contributed by atoms with Gasteiger partial charge in [-0.2, -0.15) is 0 Å². The van der Waals surface area contributed by atoms with Crippen molar-refractivity contribution in [3.05, 3.63) is 0 Å². The maximum Gasteiger partial charge on any atom is 0.0278 e. The van der Waals surface area contributed by atoms with Crippen LogP contribution in [-0.4, -0.2) is 54.6 Å². The van der Waals surface area contributed by atoms with Crippen molar-refractivity contribution in [2.45, 2.75) is 57.5 Å². The SMILES string of the molecule is CCC(N)(CC)CN1CCC2C(CCCN2C)C1. The Morgan fingerprint density at radius 3 is 2.56 bits per heavy atom. The highest BCUT2D eigenvalue weighted by Gasteiger charge is 2.35. The largest absolute Gasteiger partial charge is 0.324 e. The highest BCUT2D eigenvalue weighted by Crippen LogP contribution is 2.30. The normalized spacial score (nSPS) is 31.3. The number of fused-ring (bicyclic) bond motifs is 1. The summed E-state index contributed by atoms with van der Waals surface area (Å²) in [6.45, 7) is 9.35. The van der Waals surface area contributed by atoms with Gasteiger partial charge in [0.2, 0.25) is 0 Å². The van der Waals surface area contributed by atoms with E-state index in [1.165, 1.54) is 38.9 Å². The van der Waals surface area contributed by atoms with Gasteiger partial charge < -0.3 is 15.5 Å². The van der Waals surface area contributed by atoms with E-state index in [0.29, 0.717) is 0 Å². The molecule has 0 radical (unpaired) electrons. The molecule has 2 aliphatic rings. The molecule has 2 fully saturated rings. The number of hydrogen-bond donors (Lipinski definition) is 1. The van der Waals surface area contributed by atoms with Gasteiger partial charge in [-0.15, -0.1) is 0 Å². The van der Waals surface area contributed by atoms with E-state index in [1.807, 2.05) is 0 Å². The van der Waals surface area contributed by atoms with Crippen LogP contribution in [-0.2, 0) is 0 Å². The molecule has 3 heteroatoms. The van der Waals surface area contributed by atoms with Gasteiger partial charge in [0.1, 0.15) is 0 Å². The van der Waals surface area contributed by atoms with Crippen molar-refractivity contribution in [1.29, 1.82) is 0 Å². The van der Waals surface area contributed by atoms with E-state index in [2.05, 4.69) is 30.7 Å². The molecule has 0 spiro atoms. The van der Waals surface area contributed by atoms with Crippen LogP contribution in [0.15, 0.2) is 0 Å². The van der Waals surface area contributed by atoms with Gasteiger partial charge in [0.15, 0.2) is 0 Å². The van der Waals surface area contributed by atoms with E-state index in [9.17, 15) is 0 Å². The lowest BCUT2D eigenvalue weighted by Gasteiger charge is -2.47. The van der Waals surface area contributed by atoms with Crippen molar-refractivity contribution < 1.29 is 0 Å². The molecule has 0 bridgehead atoms. The zero-order valence-electron chi connectivity index (χ0n) is 12.5. The zero-order valence-corrected chi connectivity index (χ0v) is 12.5. The third-order valence-electron chi connectivity index (χ3n) is 5.38. The van der Waals surface area contributed by atoms with Gasteiger partial charge in [-0.1, -0.05) is 13.8 Å². The summed E-state index contributed by atoms with van der Waals surface area (Å²) in [7, 11) is 2.30. The Balaban J connectivity index is 1.90. The summed E-state index contributed by atoms with van der Waals surface area (Å²) in [4.78, 5) is 5.22. The molecule has 2 aliphatic heterocycles. The van der Waals surface area contributed by atoms with Gasteiger partial charge in [-0.3, -0.25) is 0 Å². The molecule has 2 atom stereocenters. The monoisotopic (exact) mass is 253 g/mol. The van der Waals surface area contributed by atoms with E-state index < -0.39 is 0 Å². The van der Waals surface area contributed by atoms with Crippen LogP contribution in [0.3, 0.4) is 0 Å². The summed E-state index contributed by atoms with van der Waals surface area (Å²) < 4.78 is 0. The molecule has 0 aromatic carbocycles. The predicted octanol–water partition coefficient (Wildman–Crippen LogP) is 1.92. The minimum atomic E-state index is 0.0351. The van der Waals surface area contributed by atoms with E-state index in [4.69, 9.17) is 5.73 Å². The lowest BCUT2D eigenvalue weighted by Crippen LogP contribution is -2.57. The highest BCUT2D eigenvalue weighted by atomic mass is 15.2.